The SMILES string of the molecule is CC1=CC2=CCCC[C@]2(C)[C@H]2CC[C@]3(C)CCC[C@H]3[C@H]12. The van der Waals surface area contributed by atoms with E-state index in [0.29, 0.717) is 10.8 Å². The summed E-state index contributed by atoms with van der Waals surface area (Å²) in [5.41, 5.74) is 4.59. The number of allylic oxidation sites excluding steroid dienone is 4. The van der Waals surface area contributed by atoms with Gasteiger partial charge in [0.1, 0.15) is 0 Å². The van der Waals surface area contributed by atoms with Crippen LogP contribution in [0, 0.1) is 28.6 Å². The standard InChI is InChI=1S/C20H30/c1-14-13-15-7-4-5-11-20(15,3)17-9-12-19(2)10-6-8-16(19)18(14)17/h7,13,16-18H,4-6,8-12H2,1-3H3/t16-,17-,18-,19-,20-/m0/s1. The summed E-state index contributed by atoms with van der Waals surface area (Å²) in [6, 6.07) is 0. The summed E-state index contributed by atoms with van der Waals surface area (Å²) in [5.74, 6) is 2.82. The molecule has 4 rings (SSSR count). The van der Waals surface area contributed by atoms with E-state index >= 15 is 0 Å². The molecule has 0 radical (unpaired) electrons. The van der Waals surface area contributed by atoms with Gasteiger partial charge in [-0.25, -0.2) is 0 Å². The van der Waals surface area contributed by atoms with Crippen molar-refractivity contribution in [3.8, 4) is 0 Å². The zero-order valence-corrected chi connectivity index (χ0v) is 13.5. The Kier molecular flexibility index (Phi) is 2.79. The molecule has 0 saturated heterocycles. The minimum absolute atomic E-state index is 0.506. The molecule has 110 valence electrons. The zero-order valence-electron chi connectivity index (χ0n) is 13.5. The van der Waals surface area contributed by atoms with Gasteiger partial charge in [0, 0.05) is 0 Å². The highest BCUT2D eigenvalue weighted by atomic mass is 14.6. The highest BCUT2D eigenvalue weighted by molar-refractivity contribution is 5.38. The summed E-state index contributed by atoms with van der Waals surface area (Å²) in [4.78, 5) is 0. The monoisotopic (exact) mass is 270 g/mol. The van der Waals surface area contributed by atoms with Gasteiger partial charge in [-0.15, -0.1) is 0 Å². The fourth-order valence-electron chi connectivity index (χ4n) is 6.55. The van der Waals surface area contributed by atoms with Crippen LogP contribution in [-0.2, 0) is 0 Å². The Morgan fingerprint density at radius 3 is 2.70 bits per heavy atom. The van der Waals surface area contributed by atoms with Gasteiger partial charge in [0.15, 0.2) is 0 Å². The van der Waals surface area contributed by atoms with E-state index < -0.39 is 0 Å². The average Bonchev–Trinajstić information content (AvgIpc) is 2.81. The fourth-order valence-corrected chi connectivity index (χ4v) is 6.55. The van der Waals surface area contributed by atoms with E-state index in [9.17, 15) is 0 Å². The van der Waals surface area contributed by atoms with Crippen molar-refractivity contribution in [1.82, 2.24) is 0 Å². The topological polar surface area (TPSA) is 0 Å². The summed E-state index contributed by atoms with van der Waals surface area (Å²) in [5, 5.41) is 0. The van der Waals surface area contributed by atoms with E-state index in [4.69, 9.17) is 0 Å². The van der Waals surface area contributed by atoms with Gasteiger partial charge in [0.05, 0.1) is 0 Å². The molecule has 0 aliphatic heterocycles. The van der Waals surface area contributed by atoms with Gasteiger partial charge in [0.25, 0.3) is 0 Å². The van der Waals surface area contributed by atoms with Gasteiger partial charge in [-0.1, -0.05) is 38.0 Å². The molecular formula is C20H30. The molecule has 0 spiro atoms. The molecule has 2 fully saturated rings. The summed E-state index contributed by atoms with van der Waals surface area (Å²) in [6.45, 7) is 7.63. The predicted molar refractivity (Wildman–Crippen MR) is 85.5 cm³/mol. The van der Waals surface area contributed by atoms with E-state index in [2.05, 4.69) is 32.9 Å². The lowest BCUT2D eigenvalue weighted by molar-refractivity contribution is -0.00114. The van der Waals surface area contributed by atoms with Crippen LogP contribution in [0.3, 0.4) is 0 Å². The lowest BCUT2D eigenvalue weighted by atomic mass is 9.48. The van der Waals surface area contributed by atoms with Crippen LogP contribution >= 0.6 is 0 Å². The van der Waals surface area contributed by atoms with E-state index in [0.717, 1.165) is 17.8 Å². The summed E-state index contributed by atoms with van der Waals surface area (Å²) < 4.78 is 0. The first-order chi connectivity index (χ1) is 9.55. The molecule has 5 atom stereocenters. The first-order valence-corrected chi connectivity index (χ1v) is 8.93. The average molecular weight is 270 g/mol. The quantitative estimate of drug-likeness (QED) is 0.514. The van der Waals surface area contributed by atoms with Crippen molar-refractivity contribution in [3.05, 3.63) is 23.3 Å². The highest BCUT2D eigenvalue weighted by Gasteiger charge is 2.55. The highest BCUT2D eigenvalue weighted by Crippen LogP contribution is 2.65. The van der Waals surface area contributed by atoms with Crippen LogP contribution in [-0.4, -0.2) is 0 Å². The van der Waals surface area contributed by atoms with Crippen LogP contribution in [0.1, 0.15) is 72.1 Å². The maximum atomic E-state index is 2.60. The third-order valence-corrected chi connectivity index (χ3v) is 7.70. The van der Waals surface area contributed by atoms with Crippen LogP contribution in [0.4, 0.5) is 0 Å². The zero-order chi connectivity index (χ0) is 14.0. The van der Waals surface area contributed by atoms with Crippen molar-refractivity contribution in [1.29, 1.82) is 0 Å². The van der Waals surface area contributed by atoms with Crippen LogP contribution in [0.25, 0.3) is 0 Å². The van der Waals surface area contributed by atoms with Gasteiger partial charge in [-0.05, 0) is 86.0 Å². The van der Waals surface area contributed by atoms with Crippen LogP contribution in [0.15, 0.2) is 23.3 Å². The van der Waals surface area contributed by atoms with Crippen LogP contribution in [0.5, 0.6) is 0 Å². The normalized spacial score (nSPS) is 50.6. The lowest BCUT2D eigenvalue weighted by Gasteiger charge is -2.56. The summed E-state index contributed by atoms with van der Waals surface area (Å²) >= 11 is 0. The van der Waals surface area contributed by atoms with E-state index in [1.54, 1.807) is 11.1 Å². The molecule has 4 aliphatic rings. The Balaban J connectivity index is 1.80. The van der Waals surface area contributed by atoms with Gasteiger partial charge in [0.2, 0.25) is 0 Å². The van der Waals surface area contributed by atoms with Gasteiger partial charge < -0.3 is 0 Å². The van der Waals surface area contributed by atoms with Crippen LogP contribution in [0.2, 0.25) is 0 Å². The van der Waals surface area contributed by atoms with Gasteiger partial charge in [-0.2, -0.15) is 0 Å². The molecule has 0 nitrogen and oxygen atoms in total. The Bertz CT molecular complexity index is 482. The maximum Gasteiger partial charge on any atom is -0.00443 e. The summed E-state index contributed by atoms with van der Waals surface area (Å²) in [6.07, 6.45) is 16.8. The Hall–Kier alpha value is -0.520. The molecule has 0 aromatic rings. The van der Waals surface area contributed by atoms with E-state index in [1.165, 1.54) is 51.4 Å². The second kappa shape index (κ2) is 4.24. The largest absolute Gasteiger partial charge is 0.0808 e. The molecule has 0 bridgehead atoms. The second-order valence-electron chi connectivity index (χ2n) is 8.68. The van der Waals surface area contributed by atoms with E-state index in [-0.39, 0.29) is 0 Å². The van der Waals surface area contributed by atoms with Crippen LogP contribution < -0.4 is 0 Å². The smallest absolute Gasteiger partial charge is 0.00443 e. The molecule has 4 aliphatic carbocycles. The number of hydrogen-bond acceptors (Lipinski definition) is 0. The molecule has 0 amide bonds. The van der Waals surface area contributed by atoms with E-state index in [1.807, 2.05) is 0 Å². The number of fused-ring (bicyclic) bond motifs is 5. The molecule has 20 heavy (non-hydrogen) atoms. The minimum atomic E-state index is 0.506. The molecule has 0 aromatic carbocycles. The summed E-state index contributed by atoms with van der Waals surface area (Å²) in [7, 11) is 0. The third kappa shape index (κ3) is 1.60. The molecule has 0 unspecified atom stereocenters. The van der Waals surface area contributed by atoms with Crippen molar-refractivity contribution >= 4 is 0 Å². The van der Waals surface area contributed by atoms with Crippen molar-refractivity contribution in [2.45, 2.75) is 72.1 Å². The van der Waals surface area contributed by atoms with Gasteiger partial charge in [-0.3, -0.25) is 0 Å². The third-order valence-electron chi connectivity index (χ3n) is 7.70. The molecule has 2 saturated carbocycles. The van der Waals surface area contributed by atoms with Crippen molar-refractivity contribution < 1.29 is 0 Å². The molecule has 0 aromatic heterocycles. The molecular weight excluding hydrogens is 240 g/mol. The number of hydrogen-bond donors (Lipinski definition) is 0. The first-order valence-electron chi connectivity index (χ1n) is 8.93. The van der Waals surface area contributed by atoms with Gasteiger partial charge >= 0.3 is 0 Å². The fraction of sp³-hybridized carbons (Fsp3) is 0.800. The Morgan fingerprint density at radius 2 is 1.85 bits per heavy atom. The molecule has 0 heterocycles. The predicted octanol–water partition coefficient (Wildman–Crippen LogP) is 5.90. The maximum absolute atomic E-state index is 2.60. The number of rotatable bonds is 0. The van der Waals surface area contributed by atoms with Crippen molar-refractivity contribution in [2.24, 2.45) is 28.6 Å². The lowest BCUT2D eigenvalue weighted by Crippen LogP contribution is -2.48. The Labute approximate surface area is 124 Å². The molecule has 0 heteroatoms. The molecule has 0 N–H and O–H groups in total. The van der Waals surface area contributed by atoms with Crippen molar-refractivity contribution in [2.75, 3.05) is 0 Å². The first kappa shape index (κ1) is 13.2. The van der Waals surface area contributed by atoms with Crippen molar-refractivity contribution in [3.63, 3.8) is 0 Å². The minimum Gasteiger partial charge on any atom is -0.0808 e. The second-order valence-corrected chi connectivity index (χ2v) is 8.68. The Morgan fingerprint density at radius 1 is 1.00 bits per heavy atom.